The third kappa shape index (κ3) is 6.05. The van der Waals surface area contributed by atoms with E-state index in [0.717, 1.165) is 12.8 Å². The Balaban J connectivity index is 3.19. The molecule has 4 nitrogen and oxygen atoms in total. The largest absolute Gasteiger partial charge is 0.460 e. The van der Waals surface area contributed by atoms with Crippen LogP contribution in [0.5, 0.6) is 0 Å². The fraction of sp³-hybridized carbons (Fsp3) is 0.941. The fourth-order valence-corrected chi connectivity index (χ4v) is 8.84. The van der Waals surface area contributed by atoms with Gasteiger partial charge in [0.2, 0.25) is 0 Å². The Morgan fingerprint density at radius 2 is 1.38 bits per heavy atom. The summed E-state index contributed by atoms with van der Waals surface area (Å²) in [6.07, 6.45) is -3.65. The first-order valence-corrected chi connectivity index (χ1v) is 13.3. The molecular formula is C17H25F9O4S2. The second-order valence-electron chi connectivity index (χ2n) is 7.61. The lowest BCUT2D eigenvalue weighted by Gasteiger charge is -2.42. The van der Waals surface area contributed by atoms with Crippen LogP contribution in [-0.4, -0.2) is 54.7 Å². The van der Waals surface area contributed by atoms with Gasteiger partial charge in [-0.2, -0.15) is 47.9 Å². The third-order valence-corrected chi connectivity index (χ3v) is 10.6. The van der Waals surface area contributed by atoms with E-state index in [1.54, 1.807) is 0 Å². The second kappa shape index (κ2) is 10.3. The van der Waals surface area contributed by atoms with E-state index in [2.05, 4.69) is 3.63 Å². The summed E-state index contributed by atoms with van der Waals surface area (Å²) in [5.41, 5.74) is 0. The quantitative estimate of drug-likeness (QED) is 0.224. The van der Waals surface area contributed by atoms with Crippen molar-refractivity contribution in [1.29, 1.82) is 0 Å². The predicted octanol–water partition coefficient (Wildman–Crippen LogP) is 6.20. The van der Waals surface area contributed by atoms with E-state index in [9.17, 15) is 52.7 Å². The number of ketones is 1. The molecule has 0 unspecified atom stereocenters. The van der Waals surface area contributed by atoms with Gasteiger partial charge in [0, 0.05) is 17.9 Å². The van der Waals surface area contributed by atoms with Crippen molar-refractivity contribution in [2.24, 2.45) is 0 Å². The molecule has 1 rings (SSSR count). The highest BCUT2D eigenvalue weighted by molar-refractivity contribution is 8.33. The minimum Gasteiger partial charge on any atom is -0.299 e. The van der Waals surface area contributed by atoms with Gasteiger partial charge in [-0.3, -0.25) is 4.79 Å². The number of hydrogen-bond acceptors (Lipinski definition) is 4. The molecular weight excluding hydrogens is 503 g/mol. The Morgan fingerprint density at radius 1 is 0.844 bits per heavy atom. The van der Waals surface area contributed by atoms with Crippen LogP contribution in [0.2, 0.25) is 0 Å². The standard InChI is InChI=1S/C17H25F9O4S2/c1-2-3-4-6-9-13(27)12-31(10-7-5-8-11-31)30-32(28,29)17(25,26)15(20,21)14(18,19)16(22,23)24/h2-12H2,1H3. The van der Waals surface area contributed by atoms with Crippen molar-refractivity contribution in [3.8, 4) is 0 Å². The number of carbonyl (C=O) groups is 1. The number of carbonyl (C=O) groups excluding carboxylic acids is 1. The zero-order chi connectivity index (χ0) is 25.1. The predicted molar refractivity (Wildman–Crippen MR) is 101 cm³/mol. The van der Waals surface area contributed by atoms with Crippen LogP contribution in [0.3, 0.4) is 0 Å². The van der Waals surface area contributed by atoms with E-state index < -0.39 is 55.2 Å². The third-order valence-electron chi connectivity index (χ3n) is 4.93. The van der Waals surface area contributed by atoms with E-state index >= 15 is 0 Å². The van der Waals surface area contributed by atoms with Crippen molar-refractivity contribution in [2.45, 2.75) is 81.6 Å². The maximum atomic E-state index is 14.0. The Morgan fingerprint density at radius 3 is 1.84 bits per heavy atom. The molecule has 15 heteroatoms. The monoisotopic (exact) mass is 528 g/mol. The summed E-state index contributed by atoms with van der Waals surface area (Å²) in [6.45, 7) is 1.90. The first-order chi connectivity index (χ1) is 14.4. The van der Waals surface area contributed by atoms with Crippen molar-refractivity contribution in [3.63, 3.8) is 0 Å². The van der Waals surface area contributed by atoms with Crippen molar-refractivity contribution in [3.05, 3.63) is 0 Å². The van der Waals surface area contributed by atoms with Crippen molar-refractivity contribution >= 4 is 26.2 Å². The van der Waals surface area contributed by atoms with Gasteiger partial charge in [0.05, 0.1) is 5.75 Å². The van der Waals surface area contributed by atoms with Crippen LogP contribution in [0.1, 0.15) is 58.3 Å². The molecule has 1 saturated heterocycles. The van der Waals surface area contributed by atoms with Crippen molar-refractivity contribution in [1.82, 2.24) is 0 Å². The highest BCUT2D eigenvalue weighted by Crippen LogP contribution is 2.60. The van der Waals surface area contributed by atoms with Crippen LogP contribution in [0.25, 0.3) is 0 Å². The molecule has 0 atom stereocenters. The Bertz CT molecular complexity index is 746. The topological polar surface area (TPSA) is 60.4 Å². The number of hydrogen-bond donors (Lipinski definition) is 0. The number of alkyl halides is 9. The fourth-order valence-electron chi connectivity index (χ4n) is 3.11. The van der Waals surface area contributed by atoms with Crippen LogP contribution in [0.4, 0.5) is 39.5 Å². The number of Topliss-reactive ketones (excluding diaryl/α,β-unsaturated/α-hetero) is 1. The van der Waals surface area contributed by atoms with Crippen LogP contribution < -0.4 is 0 Å². The molecule has 0 spiro atoms. The molecule has 1 aliphatic heterocycles. The van der Waals surface area contributed by atoms with Crippen LogP contribution >= 0.6 is 10.3 Å². The first-order valence-electron chi connectivity index (χ1n) is 9.81. The van der Waals surface area contributed by atoms with Crippen LogP contribution in [0, 0.1) is 0 Å². The number of halogens is 9. The van der Waals surface area contributed by atoms with Crippen LogP contribution in [-0.2, 0) is 18.5 Å². The molecule has 1 heterocycles. The SMILES string of the molecule is CCCCCCC(=O)CS1(OS(=O)(=O)C(F)(F)C(F)(F)C(F)(F)C(F)(F)F)CCCCC1. The lowest BCUT2D eigenvalue weighted by molar-refractivity contribution is -0.382. The summed E-state index contributed by atoms with van der Waals surface area (Å²) in [5, 5.41) is -6.90. The molecule has 1 fully saturated rings. The maximum absolute atomic E-state index is 14.0. The first kappa shape index (κ1) is 29.3. The zero-order valence-electron chi connectivity index (χ0n) is 17.1. The molecule has 192 valence electrons. The molecule has 0 bridgehead atoms. The summed E-state index contributed by atoms with van der Waals surface area (Å²) in [5.74, 6) is -16.5. The zero-order valence-corrected chi connectivity index (χ0v) is 18.8. The van der Waals surface area contributed by atoms with Crippen LogP contribution in [0.15, 0.2) is 0 Å². The molecule has 0 radical (unpaired) electrons. The summed E-state index contributed by atoms with van der Waals surface area (Å²) in [4.78, 5) is 12.2. The van der Waals surface area contributed by atoms with E-state index in [-0.39, 0.29) is 30.8 Å². The molecule has 32 heavy (non-hydrogen) atoms. The Kier molecular flexibility index (Phi) is 9.42. The molecule has 0 aromatic carbocycles. The summed E-state index contributed by atoms with van der Waals surface area (Å²) in [7, 11) is -10.3. The summed E-state index contributed by atoms with van der Waals surface area (Å²) < 4.78 is 147. The van der Waals surface area contributed by atoms with E-state index in [1.165, 1.54) is 0 Å². The van der Waals surface area contributed by atoms with Gasteiger partial charge in [0.25, 0.3) is 0 Å². The Hall–Kier alpha value is -0.700. The number of unbranched alkanes of at least 4 members (excludes halogenated alkanes) is 3. The van der Waals surface area contributed by atoms with Gasteiger partial charge >= 0.3 is 33.4 Å². The van der Waals surface area contributed by atoms with Gasteiger partial charge in [0.1, 0.15) is 5.78 Å². The van der Waals surface area contributed by atoms with E-state index in [0.29, 0.717) is 19.3 Å². The molecule has 0 amide bonds. The lowest BCUT2D eigenvalue weighted by atomic mass is 10.1. The molecule has 1 aliphatic rings. The van der Waals surface area contributed by atoms with Gasteiger partial charge in [0.15, 0.2) is 0 Å². The highest BCUT2D eigenvalue weighted by Gasteiger charge is 2.86. The van der Waals surface area contributed by atoms with Crippen molar-refractivity contribution in [2.75, 3.05) is 17.3 Å². The normalized spacial score (nSPS) is 19.6. The Labute approximate surface area is 181 Å². The van der Waals surface area contributed by atoms with E-state index in [1.807, 2.05) is 6.92 Å². The molecule has 0 aromatic rings. The highest BCUT2D eigenvalue weighted by atomic mass is 32.3. The maximum Gasteiger partial charge on any atom is 0.460 e. The number of rotatable bonds is 12. The van der Waals surface area contributed by atoms with Gasteiger partial charge < -0.3 is 0 Å². The molecule has 0 saturated carbocycles. The second-order valence-corrected chi connectivity index (χ2v) is 12.6. The minimum absolute atomic E-state index is 0.0587. The summed E-state index contributed by atoms with van der Waals surface area (Å²) >= 11 is 0. The average Bonchev–Trinajstić information content (AvgIpc) is 2.64. The molecule has 0 N–H and O–H groups in total. The molecule has 0 aromatic heterocycles. The smallest absolute Gasteiger partial charge is 0.299 e. The minimum atomic E-state index is -7.36. The average molecular weight is 528 g/mol. The van der Waals surface area contributed by atoms with E-state index in [4.69, 9.17) is 0 Å². The van der Waals surface area contributed by atoms with Gasteiger partial charge in [-0.25, -0.2) is 3.63 Å². The van der Waals surface area contributed by atoms with Gasteiger partial charge in [-0.15, -0.1) is 10.3 Å². The summed E-state index contributed by atoms with van der Waals surface area (Å²) in [6, 6.07) is 0. The van der Waals surface area contributed by atoms with Crippen molar-refractivity contribution < 1.29 is 56.4 Å². The van der Waals surface area contributed by atoms with Gasteiger partial charge in [-0.1, -0.05) is 32.6 Å². The van der Waals surface area contributed by atoms with Gasteiger partial charge in [-0.05, 0) is 19.3 Å². The molecule has 0 aliphatic carbocycles. The lowest BCUT2D eigenvalue weighted by Crippen LogP contribution is -2.63.